The van der Waals surface area contributed by atoms with Gasteiger partial charge in [-0.15, -0.1) is 0 Å². The van der Waals surface area contributed by atoms with Crippen molar-refractivity contribution in [3.63, 3.8) is 0 Å². The highest BCUT2D eigenvalue weighted by Gasteiger charge is 2.17. The van der Waals surface area contributed by atoms with E-state index in [1.54, 1.807) is 12.1 Å². The van der Waals surface area contributed by atoms with E-state index in [4.69, 9.17) is 5.11 Å². The van der Waals surface area contributed by atoms with Gasteiger partial charge in [0.05, 0.1) is 0 Å². The first kappa shape index (κ1) is 14.1. The molecule has 3 N–H and O–H groups in total. The van der Waals surface area contributed by atoms with E-state index in [-0.39, 0.29) is 12.4 Å². The number of halogens is 1. The number of amides is 1. The molecule has 0 fully saturated rings. The number of carboxylic acid groups (broad SMARTS) is 1. The van der Waals surface area contributed by atoms with Crippen molar-refractivity contribution in [2.24, 2.45) is 0 Å². The highest BCUT2D eigenvalue weighted by Crippen LogP contribution is 2.01. The molecule has 18 heavy (non-hydrogen) atoms. The minimum Gasteiger partial charge on any atom is -0.480 e. The summed E-state index contributed by atoms with van der Waals surface area (Å²) in [6.45, 7) is 1.77. The van der Waals surface area contributed by atoms with Crippen LogP contribution in [0, 0.1) is 5.82 Å². The Morgan fingerprint density at radius 2 is 1.94 bits per heavy atom. The number of hydrogen-bond donors (Lipinski definition) is 3. The summed E-state index contributed by atoms with van der Waals surface area (Å²) in [5, 5.41) is 14.1. The van der Waals surface area contributed by atoms with Crippen LogP contribution in [-0.4, -0.2) is 29.6 Å². The van der Waals surface area contributed by atoms with Crippen LogP contribution in [0.3, 0.4) is 0 Å². The molecule has 1 aromatic rings. The summed E-state index contributed by atoms with van der Waals surface area (Å²) in [5.41, 5.74) is 0.836. The van der Waals surface area contributed by atoms with Gasteiger partial charge >= 0.3 is 5.97 Å². The van der Waals surface area contributed by atoms with Crippen molar-refractivity contribution in [3.05, 3.63) is 35.6 Å². The number of hydrogen-bond acceptors (Lipinski definition) is 3. The van der Waals surface area contributed by atoms with E-state index < -0.39 is 17.9 Å². The average molecular weight is 254 g/mol. The van der Waals surface area contributed by atoms with E-state index in [9.17, 15) is 14.0 Å². The number of carbonyl (C=O) groups excluding carboxylic acids is 1. The van der Waals surface area contributed by atoms with Gasteiger partial charge in [-0.25, -0.2) is 9.18 Å². The van der Waals surface area contributed by atoms with Crippen molar-refractivity contribution < 1.29 is 19.1 Å². The number of carboxylic acids is 1. The largest absolute Gasteiger partial charge is 0.480 e. The summed E-state index contributed by atoms with van der Waals surface area (Å²) in [6.07, 6.45) is 0. The molecule has 0 saturated heterocycles. The summed E-state index contributed by atoms with van der Waals surface area (Å²) in [6, 6.07) is 4.91. The monoisotopic (exact) mass is 254 g/mol. The number of nitrogens with one attached hydrogen (secondary N) is 2. The molecule has 0 aromatic heterocycles. The molecule has 6 heteroatoms. The van der Waals surface area contributed by atoms with Gasteiger partial charge in [-0.3, -0.25) is 4.79 Å². The van der Waals surface area contributed by atoms with Gasteiger partial charge in [0.1, 0.15) is 11.9 Å². The summed E-state index contributed by atoms with van der Waals surface area (Å²) in [5.74, 6) is -1.82. The predicted molar refractivity (Wildman–Crippen MR) is 63.3 cm³/mol. The Balaban J connectivity index is 2.41. The molecule has 1 unspecified atom stereocenters. The van der Waals surface area contributed by atoms with E-state index in [0.717, 1.165) is 5.56 Å². The van der Waals surface area contributed by atoms with E-state index in [1.165, 1.54) is 19.1 Å². The normalized spacial score (nSPS) is 11.9. The molecule has 0 spiro atoms. The zero-order valence-corrected chi connectivity index (χ0v) is 9.94. The number of carbonyl (C=O) groups is 2. The summed E-state index contributed by atoms with van der Waals surface area (Å²) in [7, 11) is 0. The molecule has 0 aliphatic rings. The Kier molecular flexibility index (Phi) is 5.26. The van der Waals surface area contributed by atoms with Crippen LogP contribution in [0.5, 0.6) is 0 Å². The van der Waals surface area contributed by atoms with E-state index in [0.29, 0.717) is 6.54 Å². The lowest BCUT2D eigenvalue weighted by Crippen LogP contribution is -2.46. The van der Waals surface area contributed by atoms with Crippen molar-refractivity contribution in [2.45, 2.75) is 19.5 Å². The lowest BCUT2D eigenvalue weighted by molar-refractivity contribution is -0.141. The minimum absolute atomic E-state index is 0.103. The van der Waals surface area contributed by atoms with Crippen LogP contribution < -0.4 is 10.6 Å². The van der Waals surface area contributed by atoms with Crippen molar-refractivity contribution in [2.75, 3.05) is 6.54 Å². The van der Waals surface area contributed by atoms with Crippen LogP contribution in [0.15, 0.2) is 24.3 Å². The van der Waals surface area contributed by atoms with Crippen LogP contribution in [0.4, 0.5) is 4.39 Å². The molecular formula is C12H15FN2O3. The van der Waals surface area contributed by atoms with Crippen LogP contribution in [0.1, 0.15) is 12.5 Å². The lowest BCUT2D eigenvalue weighted by atomic mass is 10.2. The Morgan fingerprint density at radius 3 is 2.44 bits per heavy atom. The van der Waals surface area contributed by atoms with E-state index >= 15 is 0 Å². The maximum absolute atomic E-state index is 12.6. The second-order valence-electron chi connectivity index (χ2n) is 3.85. The molecule has 1 atom stereocenters. The van der Waals surface area contributed by atoms with Crippen molar-refractivity contribution in [1.29, 1.82) is 0 Å². The number of aliphatic carboxylic acids is 1. The highest BCUT2D eigenvalue weighted by molar-refractivity contribution is 5.82. The molecule has 1 aromatic carbocycles. The number of benzene rings is 1. The van der Waals surface area contributed by atoms with Gasteiger partial charge < -0.3 is 15.7 Å². The zero-order chi connectivity index (χ0) is 13.5. The van der Waals surface area contributed by atoms with Gasteiger partial charge in [0.25, 0.3) is 0 Å². The van der Waals surface area contributed by atoms with Crippen molar-refractivity contribution in [1.82, 2.24) is 10.6 Å². The standard InChI is InChI=1S/C12H15FN2O3/c1-8(16)15-11(12(17)18)7-14-6-9-2-4-10(13)5-3-9/h2-5,11,14H,6-7H2,1H3,(H,15,16)(H,17,18). The van der Waals surface area contributed by atoms with Crippen molar-refractivity contribution >= 4 is 11.9 Å². The average Bonchev–Trinajstić information content (AvgIpc) is 2.29. The highest BCUT2D eigenvalue weighted by atomic mass is 19.1. The van der Waals surface area contributed by atoms with Gasteiger partial charge in [0.2, 0.25) is 5.91 Å². The second-order valence-corrected chi connectivity index (χ2v) is 3.85. The first-order valence-electron chi connectivity index (χ1n) is 5.44. The first-order chi connectivity index (χ1) is 8.49. The Morgan fingerprint density at radius 1 is 1.33 bits per heavy atom. The number of rotatable bonds is 6. The van der Waals surface area contributed by atoms with Crippen LogP contribution in [0.2, 0.25) is 0 Å². The molecule has 0 heterocycles. The van der Waals surface area contributed by atoms with Gasteiger partial charge in [-0.1, -0.05) is 12.1 Å². The second kappa shape index (κ2) is 6.70. The zero-order valence-electron chi connectivity index (χ0n) is 9.94. The molecule has 0 saturated carbocycles. The molecule has 0 radical (unpaired) electrons. The summed E-state index contributed by atoms with van der Waals surface area (Å²) >= 11 is 0. The molecule has 98 valence electrons. The molecule has 1 rings (SSSR count). The van der Waals surface area contributed by atoms with E-state index in [2.05, 4.69) is 10.6 Å². The fourth-order valence-corrected chi connectivity index (χ4v) is 1.41. The van der Waals surface area contributed by atoms with Crippen LogP contribution >= 0.6 is 0 Å². The minimum atomic E-state index is -1.10. The van der Waals surface area contributed by atoms with Crippen molar-refractivity contribution in [3.8, 4) is 0 Å². The van der Waals surface area contributed by atoms with Gasteiger partial charge in [-0.05, 0) is 17.7 Å². The van der Waals surface area contributed by atoms with Gasteiger partial charge in [-0.2, -0.15) is 0 Å². The molecule has 1 amide bonds. The fourth-order valence-electron chi connectivity index (χ4n) is 1.41. The molecule has 0 aliphatic carbocycles. The summed E-state index contributed by atoms with van der Waals surface area (Å²) in [4.78, 5) is 21.6. The maximum atomic E-state index is 12.6. The van der Waals surface area contributed by atoms with Gasteiger partial charge in [0, 0.05) is 20.0 Å². The molecule has 5 nitrogen and oxygen atoms in total. The maximum Gasteiger partial charge on any atom is 0.327 e. The molecule has 0 bridgehead atoms. The fraction of sp³-hybridized carbons (Fsp3) is 0.333. The third kappa shape index (κ3) is 4.92. The third-order valence-corrected chi connectivity index (χ3v) is 2.27. The topological polar surface area (TPSA) is 78.4 Å². The van der Waals surface area contributed by atoms with Gasteiger partial charge in [0.15, 0.2) is 0 Å². The Labute approximate surface area is 104 Å². The lowest BCUT2D eigenvalue weighted by Gasteiger charge is -2.14. The Hall–Kier alpha value is -1.95. The molecular weight excluding hydrogens is 239 g/mol. The SMILES string of the molecule is CC(=O)NC(CNCc1ccc(F)cc1)C(=O)O. The summed E-state index contributed by atoms with van der Waals surface area (Å²) < 4.78 is 12.6. The third-order valence-electron chi connectivity index (χ3n) is 2.27. The first-order valence-corrected chi connectivity index (χ1v) is 5.44. The molecule has 0 aliphatic heterocycles. The van der Waals surface area contributed by atoms with E-state index in [1.807, 2.05) is 0 Å². The smallest absolute Gasteiger partial charge is 0.327 e. The van der Waals surface area contributed by atoms with Crippen LogP contribution in [-0.2, 0) is 16.1 Å². The van der Waals surface area contributed by atoms with Crippen LogP contribution in [0.25, 0.3) is 0 Å². The predicted octanol–water partition coefficient (Wildman–Crippen LogP) is 0.505. The Bertz CT molecular complexity index is 420. The quantitative estimate of drug-likeness (QED) is 0.691.